The Bertz CT molecular complexity index is 481. The summed E-state index contributed by atoms with van der Waals surface area (Å²) >= 11 is 3.17. The average Bonchev–Trinajstić information content (AvgIpc) is 2.50. The third-order valence-corrected chi connectivity index (χ3v) is 4.57. The van der Waals surface area contributed by atoms with Gasteiger partial charge in [0, 0.05) is 13.0 Å². The summed E-state index contributed by atoms with van der Waals surface area (Å²) in [5.74, 6) is 0.546. The summed E-state index contributed by atoms with van der Waals surface area (Å²) in [5, 5.41) is 6.27. The van der Waals surface area contributed by atoms with Crippen LogP contribution < -0.4 is 10.6 Å². The van der Waals surface area contributed by atoms with Crippen molar-refractivity contribution in [1.29, 1.82) is 0 Å². The zero-order valence-corrected chi connectivity index (χ0v) is 14.9. The maximum atomic E-state index is 13.1. The number of rotatable bonds is 6. The van der Waals surface area contributed by atoms with Crippen molar-refractivity contribution in [3.05, 3.63) is 34.1 Å². The molecule has 0 spiro atoms. The topological polar surface area (TPSA) is 41.1 Å². The maximum Gasteiger partial charge on any atom is 0.220 e. The van der Waals surface area contributed by atoms with E-state index in [1.54, 1.807) is 12.1 Å². The molecule has 1 heterocycles. The summed E-state index contributed by atoms with van der Waals surface area (Å²) in [6.07, 6.45) is 4.67. The summed E-state index contributed by atoms with van der Waals surface area (Å²) in [7, 11) is 0. The summed E-state index contributed by atoms with van der Waals surface area (Å²) < 4.78 is 13.6. The first-order chi connectivity index (χ1) is 10.1. The molecule has 0 radical (unpaired) electrons. The molecule has 1 saturated heterocycles. The first-order valence-corrected chi connectivity index (χ1v) is 8.36. The Kier molecular flexibility index (Phi) is 8.98. The van der Waals surface area contributed by atoms with E-state index in [0.717, 1.165) is 31.5 Å². The average molecular weight is 394 g/mol. The van der Waals surface area contributed by atoms with Crippen molar-refractivity contribution in [2.24, 2.45) is 5.92 Å². The Balaban J connectivity index is 0.00000242. The highest BCUT2D eigenvalue weighted by molar-refractivity contribution is 9.10. The molecule has 0 unspecified atom stereocenters. The molecular formula is C16H23BrClFN2O. The Hall–Kier alpha value is -0.650. The van der Waals surface area contributed by atoms with E-state index in [9.17, 15) is 9.18 Å². The Morgan fingerprint density at radius 2 is 2.09 bits per heavy atom. The molecule has 1 amide bonds. The zero-order valence-electron chi connectivity index (χ0n) is 12.5. The van der Waals surface area contributed by atoms with Gasteiger partial charge in [-0.3, -0.25) is 4.79 Å². The van der Waals surface area contributed by atoms with Gasteiger partial charge in [0.05, 0.1) is 4.47 Å². The molecule has 0 bridgehead atoms. The van der Waals surface area contributed by atoms with Crippen molar-refractivity contribution >= 4 is 34.2 Å². The lowest BCUT2D eigenvalue weighted by Gasteiger charge is -2.22. The molecule has 0 aromatic heterocycles. The minimum atomic E-state index is -0.259. The predicted octanol–water partition coefficient (Wildman–Crippen LogP) is 3.45. The number of amides is 1. The van der Waals surface area contributed by atoms with Crippen molar-refractivity contribution in [1.82, 2.24) is 10.6 Å². The lowest BCUT2D eigenvalue weighted by molar-refractivity contribution is -0.121. The minimum absolute atomic E-state index is 0. The van der Waals surface area contributed by atoms with E-state index < -0.39 is 0 Å². The molecule has 0 aliphatic carbocycles. The monoisotopic (exact) mass is 392 g/mol. The molecule has 0 saturated carbocycles. The normalized spacial score (nSPS) is 15.2. The highest BCUT2D eigenvalue weighted by Crippen LogP contribution is 2.18. The van der Waals surface area contributed by atoms with E-state index in [1.807, 2.05) is 0 Å². The molecule has 124 valence electrons. The van der Waals surface area contributed by atoms with Crippen LogP contribution in [0.5, 0.6) is 0 Å². The molecule has 2 N–H and O–H groups in total. The predicted molar refractivity (Wildman–Crippen MR) is 92.9 cm³/mol. The van der Waals surface area contributed by atoms with Crippen LogP contribution in [0.3, 0.4) is 0 Å². The first-order valence-electron chi connectivity index (χ1n) is 7.56. The third-order valence-electron chi connectivity index (χ3n) is 3.96. The maximum absolute atomic E-state index is 13.1. The second-order valence-electron chi connectivity index (χ2n) is 5.58. The van der Waals surface area contributed by atoms with Crippen LogP contribution in [0.15, 0.2) is 22.7 Å². The summed E-state index contributed by atoms with van der Waals surface area (Å²) in [6.45, 7) is 2.75. The molecule has 1 aliphatic heterocycles. The van der Waals surface area contributed by atoms with Gasteiger partial charge in [-0.05, 0) is 78.3 Å². The summed E-state index contributed by atoms with van der Waals surface area (Å²) in [4.78, 5) is 11.8. The molecule has 0 atom stereocenters. The highest BCUT2D eigenvalue weighted by atomic mass is 79.9. The zero-order chi connectivity index (χ0) is 15.1. The number of piperidine rings is 1. The van der Waals surface area contributed by atoms with Gasteiger partial charge in [-0.15, -0.1) is 12.4 Å². The van der Waals surface area contributed by atoms with Crippen LogP contribution in [0, 0.1) is 11.7 Å². The molecule has 1 aliphatic rings. The number of carbonyl (C=O) groups excluding carboxylic acids is 1. The Morgan fingerprint density at radius 1 is 1.36 bits per heavy atom. The second kappa shape index (κ2) is 10.2. The van der Waals surface area contributed by atoms with E-state index in [-0.39, 0.29) is 24.1 Å². The molecule has 22 heavy (non-hydrogen) atoms. The lowest BCUT2D eigenvalue weighted by Crippen LogP contribution is -2.30. The Morgan fingerprint density at radius 3 is 2.77 bits per heavy atom. The number of hydrogen-bond acceptors (Lipinski definition) is 2. The van der Waals surface area contributed by atoms with Crippen molar-refractivity contribution in [2.45, 2.75) is 32.1 Å². The van der Waals surface area contributed by atoms with E-state index in [0.29, 0.717) is 23.4 Å². The van der Waals surface area contributed by atoms with Gasteiger partial charge in [0.25, 0.3) is 0 Å². The summed E-state index contributed by atoms with van der Waals surface area (Å²) in [6, 6.07) is 4.95. The van der Waals surface area contributed by atoms with Gasteiger partial charge in [-0.25, -0.2) is 4.39 Å². The fourth-order valence-electron chi connectivity index (χ4n) is 2.64. The Labute approximate surface area is 146 Å². The number of hydrogen-bond donors (Lipinski definition) is 2. The van der Waals surface area contributed by atoms with Crippen LogP contribution in [-0.4, -0.2) is 25.5 Å². The molecule has 6 heteroatoms. The van der Waals surface area contributed by atoms with Crippen LogP contribution in [0.2, 0.25) is 0 Å². The second-order valence-corrected chi connectivity index (χ2v) is 6.43. The minimum Gasteiger partial charge on any atom is -0.356 e. The highest BCUT2D eigenvalue weighted by Gasteiger charge is 2.14. The van der Waals surface area contributed by atoms with Gasteiger partial charge in [-0.1, -0.05) is 6.07 Å². The van der Waals surface area contributed by atoms with Crippen LogP contribution in [-0.2, 0) is 11.2 Å². The largest absolute Gasteiger partial charge is 0.356 e. The van der Waals surface area contributed by atoms with Gasteiger partial charge in [0.1, 0.15) is 5.82 Å². The number of halogens is 3. The molecular weight excluding hydrogens is 371 g/mol. The van der Waals surface area contributed by atoms with Crippen molar-refractivity contribution in [2.75, 3.05) is 19.6 Å². The van der Waals surface area contributed by atoms with Crippen LogP contribution >= 0.6 is 28.3 Å². The number of benzene rings is 1. The van der Waals surface area contributed by atoms with E-state index >= 15 is 0 Å². The van der Waals surface area contributed by atoms with Crippen LogP contribution in [0.25, 0.3) is 0 Å². The molecule has 1 fully saturated rings. The molecule has 2 rings (SSSR count). The van der Waals surface area contributed by atoms with Gasteiger partial charge in [0.15, 0.2) is 0 Å². The molecule has 1 aromatic carbocycles. The van der Waals surface area contributed by atoms with E-state index in [4.69, 9.17) is 0 Å². The fraction of sp³-hybridized carbons (Fsp3) is 0.562. The van der Waals surface area contributed by atoms with Gasteiger partial charge < -0.3 is 10.6 Å². The van der Waals surface area contributed by atoms with E-state index in [1.165, 1.54) is 18.9 Å². The third kappa shape index (κ3) is 6.63. The number of nitrogens with one attached hydrogen (secondary N) is 2. The van der Waals surface area contributed by atoms with Crippen molar-refractivity contribution in [3.8, 4) is 0 Å². The number of carbonyl (C=O) groups is 1. The van der Waals surface area contributed by atoms with Crippen LogP contribution in [0.4, 0.5) is 4.39 Å². The van der Waals surface area contributed by atoms with Gasteiger partial charge in [-0.2, -0.15) is 0 Å². The van der Waals surface area contributed by atoms with Crippen molar-refractivity contribution < 1.29 is 9.18 Å². The van der Waals surface area contributed by atoms with Crippen molar-refractivity contribution in [3.63, 3.8) is 0 Å². The quantitative estimate of drug-likeness (QED) is 0.777. The smallest absolute Gasteiger partial charge is 0.220 e. The SMILES string of the molecule is Cl.O=C(CCC1CCNCC1)NCCc1ccc(F)c(Br)c1. The molecule has 1 aromatic rings. The van der Waals surface area contributed by atoms with Crippen LogP contribution in [0.1, 0.15) is 31.2 Å². The standard InChI is InChI=1S/C16H22BrFN2O.ClH/c17-14-11-13(1-3-15(14)18)7-10-20-16(21)4-2-12-5-8-19-9-6-12;/h1,3,11-12,19H,2,4-10H2,(H,20,21);1H. The first kappa shape index (κ1) is 19.4. The van der Waals surface area contributed by atoms with Gasteiger partial charge in [0.2, 0.25) is 5.91 Å². The van der Waals surface area contributed by atoms with E-state index in [2.05, 4.69) is 26.6 Å². The lowest BCUT2D eigenvalue weighted by atomic mass is 9.93. The fourth-order valence-corrected chi connectivity index (χ4v) is 3.06. The molecule has 3 nitrogen and oxygen atoms in total. The van der Waals surface area contributed by atoms with Gasteiger partial charge >= 0.3 is 0 Å². The summed E-state index contributed by atoms with van der Waals surface area (Å²) in [5.41, 5.74) is 1.02.